The molecule has 0 atom stereocenters. The molecular formula is C10H21N3S. The molecule has 0 unspecified atom stereocenters. The summed E-state index contributed by atoms with van der Waals surface area (Å²) >= 11 is 1.84. The molecule has 0 aromatic heterocycles. The number of nitrogens with one attached hydrogen (secondary N) is 1. The first-order valence-corrected chi connectivity index (χ1v) is 6.30. The lowest BCUT2D eigenvalue weighted by atomic mass is 10.3. The third-order valence-electron chi connectivity index (χ3n) is 2.42. The van der Waals surface area contributed by atoms with Crippen molar-refractivity contribution in [1.82, 2.24) is 10.2 Å². The Morgan fingerprint density at radius 1 is 1.57 bits per heavy atom. The SMILES string of the molecule is CC(C)N(C)CCNC1=NCCCS1. The monoisotopic (exact) mass is 215 g/mol. The van der Waals surface area contributed by atoms with Crippen LogP contribution in [0.1, 0.15) is 20.3 Å². The van der Waals surface area contributed by atoms with Crippen LogP contribution in [0.4, 0.5) is 0 Å². The summed E-state index contributed by atoms with van der Waals surface area (Å²) < 4.78 is 0. The van der Waals surface area contributed by atoms with Crippen LogP contribution in [-0.4, -0.2) is 48.5 Å². The van der Waals surface area contributed by atoms with E-state index >= 15 is 0 Å². The summed E-state index contributed by atoms with van der Waals surface area (Å²) in [6.07, 6.45) is 1.22. The number of rotatable bonds is 4. The first-order chi connectivity index (χ1) is 6.70. The van der Waals surface area contributed by atoms with Crippen molar-refractivity contribution < 1.29 is 0 Å². The van der Waals surface area contributed by atoms with Gasteiger partial charge in [-0.2, -0.15) is 0 Å². The molecule has 1 heterocycles. The predicted octanol–water partition coefficient (Wildman–Crippen LogP) is 1.41. The van der Waals surface area contributed by atoms with Gasteiger partial charge in [0.25, 0.3) is 0 Å². The molecule has 0 aliphatic carbocycles. The van der Waals surface area contributed by atoms with Crippen LogP contribution >= 0.6 is 11.8 Å². The Balaban J connectivity index is 2.11. The highest BCUT2D eigenvalue weighted by Gasteiger charge is 2.06. The van der Waals surface area contributed by atoms with Gasteiger partial charge in [-0.1, -0.05) is 11.8 Å². The Kier molecular flexibility index (Phi) is 5.33. The van der Waals surface area contributed by atoms with Crippen molar-refractivity contribution in [3.8, 4) is 0 Å². The van der Waals surface area contributed by atoms with Gasteiger partial charge in [0.15, 0.2) is 5.17 Å². The zero-order valence-corrected chi connectivity index (χ0v) is 10.2. The van der Waals surface area contributed by atoms with Gasteiger partial charge in [-0.25, -0.2) is 0 Å². The summed E-state index contributed by atoms with van der Waals surface area (Å²) in [6, 6.07) is 0.623. The summed E-state index contributed by atoms with van der Waals surface area (Å²) in [5, 5.41) is 4.51. The molecule has 14 heavy (non-hydrogen) atoms. The smallest absolute Gasteiger partial charge is 0.156 e. The Labute approximate surface area is 91.3 Å². The van der Waals surface area contributed by atoms with E-state index in [0.29, 0.717) is 6.04 Å². The number of amidine groups is 1. The minimum absolute atomic E-state index is 0.623. The van der Waals surface area contributed by atoms with Crippen LogP contribution in [0.2, 0.25) is 0 Å². The third kappa shape index (κ3) is 4.33. The molecule has 1 N–H and O–H groups in total. The number of hydrogen-bond donors (Lipinski definition) is 1. The zero-order valence-electron chi connectivity index (χ0n) is 9.42. The van der Waals surface area contributed by atoms with Crippen LogP contribution in [0, 0.1) is 0 Å². The molecule has 0 fully saturated rings. The van der Waals surface area contributed by atoms with Gasteiger partial charge in [-0.15, -0.1) is 0 Å². The first kappa shape index (κ1) is 11.9. The molecule has 0 saturated carbocycles. The molecular weight excluding hydrogens is 194 g/mol. The lowest BCUT2D eigenvalue weighted by Gasteiger charge is -2.22. The van der Waals surface area contributed by atoms with E-state index in [1.165, 1.54) is 12.2 Å². The summed E-state index contributed by atoms with van der Waals surface area (Å²) in [5.74, 6) is 1.21. The molecule has 0 aromatic rings. The van der Waals surface area contributed by atoms with Gasteiger partial charge in [0, 0.05) is 31.4 Å². The zero-order chi connectivity index (χ0) is 10.4. The molecule has 3 nitrogen and oxygen atoms in total. The highest BCUT2D eigenvalue weighted by Crippen LogP contribution is 2.09. The maximum Gasteiger partial charge on any atom is 0.156 e. The maximum atomic E-state index is 4.42. The molecule has 0 saturated heterocycles. The molecule has 0 spiro atoms. The van der Waals surface area contributed by atoms with E-state index in [2.05, 4.69) is 36.1 Å². The van der Waals surface area contributed by atoms with Crippen molar-refractivity contribution in [2.45, 2.75) is 26.3 Å². The highest BCUT2D eigenvalue weighted by molar-refractivity contribution is 8.13. The van der Waals surface area contributed by atoms with Crippen molar-refractivity contribution in [2.75, 3.05) is 32.4 Å². The average Bonchev–Trinajstić information content (AvgIpc) is 2.19. The predicted molar refractivity (Wildman–Crippen MR) is 65.1 cm³/mol. The molecule has 0 amide bonds. The molecule has 4 heteroatoms. The number of aliphatic imine (C=N–C) groups is 1. The van der Waals surface area contributed by atoms with Crippen LogP contribution in [0.25, 0.3) is 0 Å². The second kappa shape index (κ2) is 6.30. The van der Waals surface area contributed by atoms with E-state index < -0.39 is 0 Å². The van der Waals surface area contributed by atoms with Crippen molar-refractivity contribution in [2.24, 2.45) is 4.99 Å². The van der Waals surface area contributed by atoms with E-state index in [4.69, 9.17) is 0 Å². The van der Waals surface area contributed by atoms with Crippen molar-refractivity contribution in [3.63, 3.8) is 0 Å². The molecule has 0 bridgehead atoms. The fraction of sp³-hybridized carbons (Fsp3) is 0.900. The van der Waals surface area contributed by atoms with Gasteiger partial charge >= 0.3 is 0 Å². The van der Waals surface area contributed by atoms with Crippen LogP contribution in [0.3, 0.4) is 0 Å². The molecule has 0 aromatic carbocycles. The quantitative estimate of drug-likeness (QED) is 0.768. The van der Waals surface area contributed by atoms with Crippen LogP contribution < -0.4 is 5.32 Å². The Bertz CT molecular complexity index is 192. The van der Waals surface area contributed by atoms with Gasteiger partial charge in [-0.05, 0) is 27.3 Å². The summed E-state index contributed by atoms with van der Waals surface area (Å²) in [5.41, 5.74) is 0. The molecule has 0 radical (unpaired) electrons. The standard InChI is InChI=1S/C10H21N3S/c1-9(2)13(3)7-6-12-10-11-5-4-8-14-10/h9H,4-8H2,1-3H3,(H,11,12). The van der Waals surface area contributed by atoms with Gasteiger partial charge < -0.3 is 10.2 Å². The number of nitrogens with zero attached hydrogens (tertiary/aromatic N) is 2. The molecule has 1 aliphatic rings. The van der Waals surface area contributed by atoms with Crippen LogP contribution in [0.5, 0.6) is 0 Å². The van der Waals surface area contributed by atoms with Gasteiger partial charge in [0.1, 0.15) is 0 Å². The minimum atomic E-state index is 0.623. The molecule has 1 aliphatic heterocycles. The number of likely N-dealkylation sites (N-methyl/N-ethyl adjacent to an activating group) is 1. The second-order valence-corrected chi connectivity index (χ2v) is 4.97. The fourth-order valence-corrected chi connectivity index (χ4v) is 2.02. The third-order valence-corrected chi connectivity index (χ3v) is 3.46. The van der Waals surface area contributed by atoms with E-state index in [-0.39, 0.29) is 0 Å². The van der Waals surface area contributed by atoms with E-state index in [1.54, 1.807) is 0 Å². The topological polar surface area (TPSA) is 27.6 Å². The van der Waals surface area contributed by atoms with Crippen molar-refractivity contribution >= 4 is 16.9 Å². The molecule has 82 valence electrons. The van der Waals surface area contributed by atoms with E-state index in [0.717, 1.165) is 24.8 Å². The lowest BCUT2D eigenvalue weighted by molar-refractivity contribution is 0.278. The number of hydrogen-bond acceptors (Lipinski definition) is 4. The maximum absolute atomic E-state index is 4.42. The second-order valence-electron chi connectivity index (χ2n) is 3.89. The Morgan fingerprint density at radius 2 is 2.36 bits per heavy atom. The summed E-state index contributed by atoms with van der Waals surface area (Å²) in [4.78, 5) is 6.76. The lowest BCUT2D eigenvalue weighted by Crippen LogP contribution is -2.35. The largest absolute Gasteiger partial charge is 0.364 e. The van der Waals surface area contributed by atoms with Crippen LogP contribution in [-0.2, 0) is 0 Å². The summed E-state index contributed by atoms with van der Waals surface area (Å²) in [7, 11) is 2.15. The van der Waals surface area contributed by atoms with Crippen LogP contribution in [0.15, 0.2) is 4.99 Å². The first-order valence-electron chi connectivity index (χ1n) is 5.31. The highest BCUT2D eigenvalue weighted by atomic mass is 32.2. The fourth-order valence-electron chi connectivity index (χ4n) is 1.16. The van der Waals surface area contributed by atoms with Gasteiger partial charge in [0.2, 0.25) is 0 Å². The Hall–Kier alpha value is -0.220. The number of thioether (sulfide) groups is 1. The molecule has 1 rings (SSSR count). The van der Waals surface area contributed by atoms with Gasteiger partial charge in [-0.3, -0.25) is 4.99 Å². The normalized spacial score (nSPS) is 17.4. The minimum Gasteiger partial charge on any atom is -0.364 e. The van der Waals surface area contributed by atoms with Gasteiger partial charge in [0.05, 0.1) is 0 Å². The summed E-state index contributed by atoms with van der Waals surface area (Å²) in [6.45, 7) is 7.51. The van der Waals surface area contributed by atoms with Crippen molar-refractivity contribution in [1.29, 1.82) is 0 Å². The average molecular weight is 215 g/mol. The Morgan fingerprint density at radius 3 is 2.93 bits per heavy atom. The van der Waals surface area contributed by atoms with E-state index in [1.807, 2.05) is 11.8 Å². The van der Waals surface area contributed by atoms with E-state index in [9.17, 15) is 0 Å². The van der Waals surface area contributed by atoms with Crippen molar-refractivity contribution in [3.05, 3.63) is 0 Å².